The van der Waals surface area contributed by atoms with Crippen molar-refractivity contribution in [1.82, 2.24) is 15.3 Å². The van der Waals surface area contributed by atoms with Crippen LogP contribution in [0.25, 0.3) is 0 Å². The number of H-pyrrole nitrogens is 1. The van der Waals surface area contributed by atoms with Gasteiger partial charge in [-0.25, -0.2) is 4.98 Å². The van der Waals surface area contributed by atoms with Gasteiger partial charge in [-0.1, -0.05) is 0 Å². The fraction of sp³-hybridized carbons (Fsp3) is 0.727. The molecule has 1 atom stereocenters. The van der Waals surface area contributed by atoms with Crippen molar-refractivity contribution < 1.29 is 0 Å². The number of hydrogen-bond donors (Lipinski definition) is 2. The first kappa shape index (κ1) is 8.48. The molecule has 1 aliphatic carbocycles. The van der Waals surface area contributed by atoms with E-state index in [0.717, 1.165) is 13.1 Å². The van der Waals surface area contributed by atoms with E-state index < -0.39 is 0 Å². The Kier molecular flexibility index (Phi) is 2.05. The predicted octanol–water partition coefficient (Wildman–Crippen LogP) is 1.37. The van der Waals surface area contributed by atoms with Gasteiger partial charge < -0.3 is 10.3 Å². The molecule has 14 heavy (non-hydrogen) atoms. The fourth-order valence-electron chi connectivity index (χ4n) is 2.56. The normalized spacial score (nSPS) is 26.4. The lowest BCUT2D eigenvalue weighted by atomic mass is 10.0. The third-order valence-electron chi connectivity index (χ3n) is 3.42. The summed E-state index contributed by atoms with van der Waals surface area (Å²) in [5, 5.41) is 3.39. The SMILES string of the molecule is C1CCc2[nH]c(C3CCNC3)nc2C1. The monoisotopic (exact) mass is 191 g/mol. The van der Waals surface area contributed by atoms with Crippen LogP contribution < -0.4 is 5.32 Å². The Morgan fingerprint density at radius 2 is 2.14 bits per heavy atom. The van der Waals surface area contributed by atoms with E-state index in [0.29, 0.717) is 5.92 Å². The molecule has 1 aromatic heterocycles. The van der Waals surface area contributed by atoms with E-state index in [1.807, 2.05) is 0 Å². The molecule has 2 N–H and O–H groups in total. The van der Waals surface area contributed by atoms with Crippen LogP contribution in [0, 0.1) is 0 Å². The molecule has 1 aromatic rings. The van der Waals surface area contributed by atoms with Crippen LogP contribution in [0.3, 0.4) is 0 Å². The Morgan fingerprint density at radius 1 is 1.21 bits per heavy atom. The van der Waals surface area contributed by atoms with E-state index in [1.165, 1.54) is 49.3 Å². The molecule has 3 rings (SSSR count). The van der Waals surface area contributed by atoms with Crippen LogP contribution in [-0.4, -0.2) is 23.1 Å². The van der Waals surface area contributed by atoms with Crippen LogP contribution in [0.2, 0.25) is 0 Å². The molecule has 0 aromatic carbocycles. The minimum Gasteiger partial charge on any atom is -0.345 e. The molecule has 1 saturated heterocycles. The van der Waals surface area contributed by atoms with Gasteiger partial charge >= 0.3 is 0 Å². The molecule has 0 radical (unpaired) electrons. The summed E-state index contributed by atoms with van der Waals surface area (Å²) >= 11 is 0. The zero-order valence-corrected chi connectivity index (χ0v) is 8.47. The molecule has 2 heterocycles. The zero-order chi connectivity index (χ0) is 9.38. The van der Waals surface area contributed by atoms with Crippen LogP contribution in [0.15, 0.2) is 0 Å². The van der Waals surface area contributed by atoms with E-state index in [-0.39, 0.29) is 0 Å². The Bertz CT molecular complexity index is 300. The highest BCUT2D eigenvalue weighted by Crippen LogP contribution is 2.24. The second-order valence-electron chi connectivity index (χ2n) is 4.44. The number of nitrogens with zero attached hydrogens (tertiary/aromatic N) is 1. The summed E-state index contributed by atoms with van der Waals surface area (Å²) in [6.07, 6.45) is 6.29. The number of aromatic amines is 1. The van der Waals surface area contributed by atoms with Crippen LogP contribution >= 0.6 is 0 Å². The molecule has 1 aliphatic heterocycles. The first-order chi connectivity index (χ1) is 6.93. The summed E-state index contributed by atoms with van der Waals surface area (Å²) in [7, 11) is 0. The van der Waals surface area contributed by atoms with Crippen molar-refractivity contribution in [3.63, 3.8) is 0 Å². The summed E-state index contributed by atoms with van der Waals surface area (Å²) in [4.78, 5) is 8.26. The quantitative estimate of drug-likeness (QED) is 0.703. The van der Waals surface area contributed by atoms with Gasteiger partial charge in [0.1, 0.15) is 5.82 Å². The zero-order valence-electron chi connectivity index (χ0n) is 8.47. The lowest BCUT2D eigenvalue weighted by Gasteiger charge is -2.07. The third-order valence-corrected chi connectivity index (χ3v) is 3.42. The topological polar surface area (TPSA) is 40.7 Å². The largest absolute Gasteiger partial charge is 0.345 e. The molecule has 3 nitrogen and oxygen atoms in total. The third kappa shape index (κ3) is 1.36. The molecule has 1 fully saturated rings. The van der Waals surface area contributed by atoms with Crippen molar-refractivity contribution in [3.8, 4) is 0 Å². The Morgan fingerprint density at radius 3 is 2.93 bits per heavy atom. The van der Waals surface area contributed by atoms with E-state index in [9.17, 15) is 0 Å². The second-order valence-corrected chi connectivity index (χ2v) is 4.44. The minimum atomic E-state index is 0.639. The number of rotatable bonds is 1. The summed E-state index contributed by atoms with van der Waals surface area (Å²) in [6, 6.07) is 0. The molecule has 2 aliphatic rings. The van der Waals surface area contributed by atoms with Crippen LogP contribution in [0.1, 0.15) is 42.4 Å². The summed E-state index contributed by atoms with van der Waals surface area (Å²) < 4.78 is 0. The maximum absolute atomic E-state index is 4.74. The maximum atomic E-state index is 4.74. The van der Waals surface area contributed by atoms with Gasteiger partial charge in [0.25, 0.3) is 0 Å². The van der Waals surface area contributed by atoms with Gasteiger partial charge in [0.15, 0.2) is 0 Å². The number of imidazole rings is 1. The number of aryl methyl sites for hydroxylation is 2. The van der Waals surface area contributed by atoms with E-state index in [1.54, 1.807) is 0 Å². The highest BCUT2D eigenvalue weighted by Gasteiger charge is 2.22. The molecule has 0 spiro atoms. The Hall–Kier alpha value is -0.830. The molecule has 0 amide bonds. The van der Waals surface area contributed by atoms with Gasteiger partial charge in [0.2, 0.25) is 0 Å². The van der Waals surface area contributed by atoms with Gasteiger partial charge in [-0.05, 0) is 38.6 Å². The van der Waals surface area contributed by atoms with E-state index in [4.69, 9.17) is 4.98 Å². The van der Waals surface area contributed by atoms with Crippen LogP contribution in [0.4, 0.5) is 0 Å². The standard InChI is InChI=1S/C11H17N3/c1-2-4-10-9(3-1)13-11(14-10)8-5-6-12-7-8/h8,12H,1-7H2,(H,13,14). The lowest BCUT2D eigenvalue weighted by molar-refractivity contribution is 0.667. The highest BCUT2D eigenvalue weighted by molar-refractivity contribution is 5.20. The van der Waals surface area contributed by atoms with E-state index >= 15 is 0 Å². The molecule has 76 valence electrons. The molecule has 1 unspecified atom stereocenters. The van der Waals surface area contributed by atoms with E-state index in [2.05, 4.69) is 10.3 Å². The molecule has 3 heteroatoms. The van der Waals surface area contributed by atoms with Crippen molar-refractivity contribution in [3.05, 3.63) is 17.2 Å². The number of hydrogen-bond acceptors (Lipinski definition) is 2. The number of nitrogens with one attached hydrogen (secondary N) is 2. The first-order valence-electron chi connectivity index (χ1n) is 5.72. The van der Waals surface area contributed by atoms with Gasteiger partial charge in [0.05, 0.1) is 5.69 Å². The van der Waals surface area contributed by atoms with Crippen LogP contribution in [-0.2, 0) is 12.8 Å². The molecular formula is C11H17N3. The summed E-state index contributed by atoms with van der Waals surface area (Å²) in [6.45, 7) is 2.25. The van der Waals surface area contributed by atoms with Gasteiger partial charge in [0, 0.05) is 18.2 Å². The molecule has 0 saturated carbocycles. The van der Waals surface area contributed by atoms with Crippen molar-refractivity contribution in [1.29, 1.82) is 0 Å². The highest BCUT2D eigenvalue weighted by atomic mass is 15.0. The fourth-order valence-corrected chi connectivity index (χ4v) is 2.56. The summed E-state index contributed by atoms with van der Waals surface area (Å²) in [5.74, 6) is 1.88. The maximum Gasteiger partial charge on any atom is 0.111 e. The van der Waals surface area contributed by atoms with Crippen molar-refractivity contribution in [2.75, 3.05) is 13.1 Å². The second kappa shape index (κ2) is 3.39. The first-order valence-corrected chi connectivity index (χ1v) is 5.72. The van der Waals surface area contributed by atoms with Crippen molar-refractivity contribution in [2.24, 2.45) is 0 Å². The average molecular weight is 191 g/mol. The Balaban J connectivity index is 1.87. The molecule has 0 bridgehead atoms. The van der Waals surface area contributed by atoms with Crippen LogP contribution in [0.5, 0.6) is 0 Å². The smallest absolute Gasteiger partial charge is 0.111 e. The van der Waals surface area contributed by atoms with Gasteiger partial charge in [-0.3, -0.25) is 0 Å². The Labute approximate surface area is 84.3 Å². The number of aromatic nitrogens is 2. The van der Waals surface area contributed by atoms with Crippen molar-refractivity contribution in [2.45, 2.75) is 38.0 Å². The predicted molar refractivity (Wildman–Crippen MR) is 55.5 cm³/mol. The van der Waals surface area contributed by atoms with Gasteiger partial charge in [-0.15, -0.1) is 0 Å². The van der Waals surface area contributed by atoms with Crippen molar-refractivity contribution >= 4 is 0 Å². The lowest BCUT2D eigenvalue weighted by Crippen LogP contribution is -2.08. The molecular weight excluding hydrogens is 174 g/mol. The van der Waals surface area contributed by atoms with Gasteiger partial charge in [-0.2, -0.15) is 0 Å². The minimum absolute atomic E-state index is 0.639. The summed E-state index contributed by atoms with van der Waals surface area (Å²) in [5.41, 5.74) is 2.76. The number of fused-ring (bicyclic) bond motifs is 1. The average Bonchev–Trinajstić information content (AvgIpc) is 2.86.